The molecule has 0 saturated carbocycles. The fourth-order valence-corrected chi connectivity index (χ4v) is 3.73. The first-order valence-corrected chi connectivity index (χ1v) is 8.94. The maximum atomic E-state index is 11.2. The maximum Gasteiger partial charge on any atom is 0.209 e. The summed E-state index contributed by atoms with van der Waals surface area (Å²) in [6, 6.07) is 3.80. The third-order valence-corrected chi connectivity index (χ3v) is 4.64. The van der Waals surface area contributed by atoms with Gasteiger partial charge in [-0.2, -0.15) is 0 Å². The molecule has 2 N–H and O–H groups in total. The zero-order valence-corrected chi connectivity index (χ0v) is 14.8. The lowest BCUT2D eigenvalue weighted by Gasteiger charge is -2.24. The van der Waals surface area contributed by atoms with Crippen LogP contribution in [0.3, 0.4) is 0 Å². The first-order valence-electron chi connectivity index (χ1n) is 6.84. The topological polar surface area (TPSA) is 69.4 Å². The molecule has 0 unspecified atom stereocenters. The zero-order chi connectivity index (χ0) is 16.4. The predicted molar refractivity (Wildman–Crippen MR) is 87.5 cm³/mol. The standard InChI is InChI=1S/C15H24ClNO3S/c1-10(2)12-7-14(11(3)6-13(12)16)20-8-15(4,5)9-21(17,18)19/h6-7,10H,8-9H2,1-5H3,(H2,17,18,19). The van der Waals surface area contributed by atoms with Crippen molar-refractivity contribution in [1.29, 1.82) is 0 Å². The van der Waals surface area contributed by atoms with Gasteiger partial charge in [0.2, 0.25) is 10.0 Å². The summed E-state index contributed by atoms with van der Waals surface area (Å²) in [5.41, 5.74) is 1.38. The van der Waals surface area contributed by atoms with E-state index in [1.54, 1.807) is 0 Å². The Kier molecular flexibility index (Phi) is 5.69. The molecule has 0 atom stereocenters. The van der Waals surface area contributed by atoms with Gasteiger partial charge < -0.3 is 4.74 Å². The van der Waals surface area contributed by atoms with Crippen molar-refractivity contribution >= 4 is 21.6 Å². The van der Waals surface area contributed by atoms with Gasteiger partial charge in [0.1, 0.15) is 5.75 Å². The molecule has 0 amide bonds. The highest BCUT2D eigenvalue weighted by atomic mass is 35.5. The van der Waals surface area contributed by atoms with Gasteiger partial charge in [-0.1, -0.05) is 39.3 Å². The van der Waals surface area contributed by atoms with Gasteiger partial charge in [-0.15, -0.1) is 0 Å². The fourth-order valence-electron chi connectivity index (χ4n) is 2.13. The number of hydrogen-bond donors (Lipinski definition) is 1. The molecular weight excluding hydrogens is 310 g/mol. The molecule has 0 spiro atoms. The number of sulfonamides is 1. The van der Waals surface area contributed by atoms with Crippen LogP contribution in [-0.4, -0.2) is 20.8 Å². The normalized spacial score (nSPS) is 12.8. The van der Waals surface area contributed by atoms with Gasteiger partial charge >= 0.3 is 0 Å². The van der Waals surface area contributed by atoms with Crippen LogP contribution in [0.2, 0.25) is 5.02 Å². The average molecular weight is 334 g/mol. The Morgan fingerprint density at radius 3 is 2.38 bits per heavy atom. The van der Waals surface area contributed by atoms with E-state index < -0.39 is 15.4 Å². The number of hydrogen-bond acceptors (Lipinski definition) is 3. The molecule has 1 rings (SSSR count). The molecule has 1 aromatic carbocycles. The molecule has 6 heteroatoms. The first-order chi connectivity index (χ1) is 9.41. The van der Waals surface area contributed by atoms with Crippen molar-refractivity contribution in [2.24, 2.45) is 10.6 Å². The molecule has 120 valence electrons. The van der Waals surface area contributed by atoms with Crippen molar-refractivity contribution in [3.63, 3.8) is 0 Å². The summed E-state index contributed by atoms with van der Waals surface area (Å²) >= 11 is 6.22. The summed E-state index contributed by atoms with van der Waals surface area (Å²) in [5.74, 6) is 0.896. The highest BCUT2D eigenvalue weighted by Gasteiger charge is 2.25. The molecular formula is C15H24ClNO3S. The largest absolute Gasteiger partial charge is 0.493 e. The minimum atomic E-state index is -3.53. The number of benzene rings is 1. The third-order valence-electron chi connectivity index (χ3n) is 3.13. The van der Waals surface area contributed by atoms with Crippen LogP contribution in [0.4, 0.5) is 0 Å². The van der Waals surface area contributed by atoms with Crippen molar-refractivity contribution in [2.75, 3.05) is 12.4 Å². The Hall–Kier alpha value is -0.780. The van der Waals surface area contributed by atoms with Crippen LogP contribution >= 0.6 is 11.6 Å². The SMILES string of the molecule is Cc1cc(Cl)c(C(C)C)cc1OCC(C)(C)CS(N)(=O)=O. The monoisotopic (exact) mass is 333 g/mol. The molecule has 0 aliphatic heterocycles. The smallest absolute Gasteiger partial charge is 0.209 e. The number of ether oxygens (including phenoxy) is 1. The van der Waals surface area contributed by atoms with Crippen molar-refractivity contribution in [3.05, 3.63) is 28.3 Å². The molecule has 0 aliphatic carbocycles. The summed E-state index contributed by atoms with van der Waals surface area (Å²) in [5, 5.41) is 5.82. The lowest BCUT2D eigenvalue weighted by Crippen LogP contribution is -2.33. The van der Waals surface area contributed by atoms with Gasteiger partial charge in [0.15, 0.2) is 0 Å². The molecule has 1 aromatic rings. The second-order valence-corrected chi connectivity index (χ2v) is 8.58. The Morgan fingerprint density at radius 1 is 1.33 bits per heavy atom. The fraction of sp³-hybridized carbons (Fsp3) is 0.600. The summed E-state index contributed by atoms with van der Waals surface area (Å²) in [6.07, 6.45) is 0. The van der Waals surface area contributed by atoms with Gasteiger partial charge in [0.25, 0.3) is 0 Å². The molecule has 0 aromatic heterocycles. The van der Waals surface area contributed by atoms with E-state index in [0.29, 0.717) is 0 Å². The Balaban J connectivity index is 2.91. The molecule has 4 nitrogen and oxygen atoms in total. The highest BCUT2D eigenvalue weighted by Crippen LogP contribution is 2.32. The van der Waals surface area contributed by atoms with Crippen molar-refractivity contribution in [3.8, 4) is 5.75 Å². The number of aryl methyl sites for hydroxylation is 1. The second-order valence-electron chi connectivity index (χ2n) is 6.55. The molecule has 21 heavy (non-hydrogen) atoms. The van der Waals surface area contributed by atoms with E-state index in [1.807, 2.05) is 32.9 Å². The van der Waals surface area contributed by atoms with Crippen LogP contribution < -0.4 is 9.88 Å². The highest BCUT2D eigenvalue weighted by molar-refractivity contribution is 7.89. The zero-order valence-electron chi connectivity index (χ0n) is 13.2. The molecule has 0 aliphatic rings. The summed E-state index contributed by atoms with van der Waals surface area (Å²) in [6.45, 7) is 9.93. The molecule has 0 heterocycles. The average Bonchev–Trinajstić information content (AvgIpc) is 2.23. The summed E-state index contributed by atoms with van der Waals surface area (Å²) < 4.78 is 28.3. The van der Waals surface area contributed by atoms with E-state index in [0.717, 1.165) is 21.9 Å². The maximum absolute atomic E-state index is 11.2. The number of halogens is 1. The van der Waals surface area contributed by atoms with Crippen LogP contribution in [-0.2, 0) is 10.0 Å². The van der Waals surface area contributed by atoms with Crippen molar-refractivity contribution in [2.45, 2.75) is 40.5 Å². The van der Waals surface area contributed by atoms with E-state index in [2.05, 4.69) is 13.8 Å². The third kappa shape index (κ3) is 5.85. The van der Waals surface area contributed by atoms with Crippen LogP contribution in [0.1, 0.15) is 44.7 Å². The summed E-state index contributed by atoms with van der Waals surface area (Å²) in [4.78, 5) is 0. The minimum Gasteiger partial charge on any atom is -0.493 e. The lowest BCUT2D eigenvalue weighted by atomic mass is 9.97. The first kappa shape index (κ1) is 18.3. The van der Waals surface area contributed by atoms with Gasteiger partial charge in [0, 0.05) is 10.4 Å². The van der Waals surface area contributed by atoms with Gasteiger partial charge in [-0.3, -0.25) is 0 Å². The van der Waals surface area contributed by atoms with E-state index in [4.69, 9.17) is 21.5 Å². The van der Waals surface area contributed by atoms with Gasteiger partial charge in [-0.05, 0) is 36.1 Å². The lowest BCUT2D eigenvalue weighted by molar-refractivity contribution is 0.198. The Bertz CT molecular complexity index is 610. The van der Waals surface area contributed by atoms with Crippen LogP contribution in [0.5, 0.6) is 5.75 Å². The van der Waals surface area contributed by atoms with E-state index in [9.17, 15) is 8.42 Å². The van der Waals surface area contributed by atoms with E-state index in [-0.39, 0.29) is 18.3 Å². The van der Waals surface area contributed by atoms with Crippen LogP contribution in [0.25, 0.3) is 0 Å². The number of primary sulfonamides is 1. The van der Waals surface area contributed by atoms with Crippen LogP contribution in [0, 0.1) is 12.3 Å². The summed E-state index contributed by atoms with van der Waals surface area (Å²) in [7, 11) is -3.53. The molecule has 0 saturated heterocycles. The number of nitrogens with two attached hydrogens (primary N) is 1. The van der Waals surface area contributed by atoms with Gasteiger partial charge in [-0.25, -0.2) is 13.6 Å². The van der Waals surface area contributed by atoms with E-state index >= 15 is 0 Å². The van der Waals surface area contributed by atoms with Gasteiger partial charge in [0.05, 0.1) is 12.4 Å². The molecule has 0 fully saturated rings. The van der Waals surface area contributed by atoms with Crippen molar-refractivity contribution < 1.29 is 13.2 Å². The molecule has 0 radical (unpaired) electrons. The Labute approximate surface area is 132 Å². The van der Waals surface area contributed by atoms with E-state index in [1.165, 1.54) is 0 Å². The Morgan fingerprint density at radius 2 is 1.90 bits per heavy atom. The minimum absolute atomic E-state index is 0.121. The quantitative estimate of drug-likeness (QED) is 0.866. The van der Waals surface area contributed by atoms with Crippen molar-refractivity contribution in [1.82, 2.24) is 0 Å². The number of rotatable bonds is 6. The van der Waals surface area contributed by atoms with Crippen LogP contribution in [0.15, 0.2) is 12.1 Å². The predicted octanol–water partition coefficient (Wildman–Crippen LogP) is 3.47. The molecule has 0 bridgehead atoms. The second kappa shape index (κ2) is 6.55.